The van der Waals surface area contributed by atoms with Crippen molar-refractivity contribution in [2.24, 2.45) is 11.3 Å². The molecule has 1 aliphatic carbocycles. The molecule has 4 rings (SSSR count). The summed E-state index contributed by atoms with van der Waals surface area (Å²) in [5.74, 6) is 0.485. The van der Waals surface area contributed by atoms with E-state index in [1.165, 1.54) is 15.8 Å². The summed E-state index contributed by atoms with van der Waals surface area (Å²) in [7, 11) is 0. The average Bonchev–Trinajstić information content (AvgIpc) is 3.02. The van der Waals surface area contributed by atoms with Gasteiger partial charge < -0.3 is 0 Å². The summed E-state index contributed by atoms with van der Waals surface area (Å²) in [6.45, 7) is 6.83. The minimum absolute atomic E-state index is 0.0152. The van der Waals surface area contributed by atoms with Crippen molar-refractivity contribution in [2.75, 3.05) is 0 Å². The van der Waals surface area contributed by atoms with Crippen molar-refractivity contribution in [2.45, 2.75) is 46.6 Å². The zero-order valence-electron chi connectivity index (χ0n) is 16.3. The molecule has 0 saturated heterocycles. The molecule has 28 heavy (non-hydrogen) atoms. The number of Topliss-reactive ketones (excluding diaryl/α,β-unsaturated/α-hetero) is 1. The summed E-state index contributed by atoms with van der Waals surface area (Å²) in [6, 6.07) is 6.72. The second-order valence-electron chi connectivity index (χ2n) is 8.60. The lowest BCUT2D eigenvalue weighted by atomic mass is 9.72. The number of carbonyl (C=O) groups excluding carboxylic acids is 1. The second kappa shape index (κ2) is 7.12. The summed E-state index contributed by atoms with van der Waals surface area (Å²) >= 11 is 7.52. The third kappa shape index (κ3) is 3.53. The molecule has 1 atom stereocenters. The number of hydrogen-bond acceptors (Lipinski definition) is 4. The van der Waals surface area contributed by atoms with E-state index in [9.17, 15) is 9.59 Å². The molecule has 1 aliphatic rings. The summed E-state index contributed by atoms with van der Waals surface area (Å²) < 4.78 is 1.43. The molecule has 4 nitrogen and oxygen atoms in total. The van der Waals surface area contributed by atoms with Gasteiger partial charge in [0.2, 0.25) is 0 Å². The molecule has 2 heterocycles. The van der Waals surface area contributed by atoms with Gasteiger partial charge in [0, 0.05) is 15.5 Å². The van der Waals surface area contributed by atoms with E-state index in [2.05, 4.69) is 25.8 Å². The molecule has 0 spiro atoms. The van der Waals surface area contributed by atoms with Crippen LogP contribution in [-0.2, 0) is 19.4 Å². The van der Waals surface area contributed by atoms with Crippen LogP contribution in [-0.4, -0.2) is 15.3 Å². The summed E-state index contributed by atoms with van der Waals surface area (Å²) in [4.78, 5) is 32.3. The van der Waals surface area contributed by atoms with E-state index in [0.717, 1.165) is 29.7 Å². The number of benzene rings is 1. The SMILES string of the molecule is CC(C)(C)C1CCc2c(sc3ncn(CC(=O)c4ccc(Cl)cc4)c(=O)c23)C1. The van der Waals surface area contributed by atoms with Crippen LogP contribution < -0.4 is 5.56 Å². The smallest absolute Gasteiger partial charge is 0.262 e. The molecule has 0 amide bonds. The lowest BCUT2D eigenvalue weighted by Gasteiger charge is -2.33. The predicted molar refractivity (Wildman–Crippen MR) is 115 cm³/mol. The Bertz CT molecular complexity index is 1110. The minimum Gasteiger partial charge on any atom is -0.292 e. The standard InChI is InChI=1S/C22H23ClN2O2S/c1-22(2,3)14-6-9-16-18(10-14)28-20-19(16)21(27)25(12-24-20)11-17(26)13-4-7-15(23)8-5-13/h4-5,7-8,12,14H,6,9-11H2,1-3H3. The van der Waals surface area contributed by atoms with Gasteiger partial charge in [-0.1, -0.05) is 32.4 Å². The molecule has 3 aromatic rings. The maximum Gasteiger partial charge on any atom is 0.262 e. The number of nitrogens with zero attached hydrogens (tertiary/aromatic N) is 2. The fourth-order valence-electron chi connectivity index (χ4n) is 3.93. The first-order valence-corrected chi connectivity index (χ1v) is 10.7. The Hall–Kier alpha value is -1.98. The van der Waals surface area contributed by atoms with Crippen molar-refractivity contribution >= 4 is 38.9 Å². The van der Waals surface area contributed by atoms with Crippen LogP contribution in [0.5, 0.6) is 0 Å². The molecule has 6 heteroatoms. The van der Waals surface area contributed by atoms with Crippen LogP contribution in [0.25, 0.3) is 10.2 Å². The monoisotopic (exact) mass is 414 g/mol. The van der Waals surface area contributed by atoms with Gasteiger partial charge in [0.1, 0.15) is 4.83 Å². The molecule has 0 N–H and O–H groups in total. The van der Waals surface area contributed by atoms with Gasteiger partial charge in [0.25, 0.3) is 5.56 Å². The first kappa shape index (κ1) is 19.3. The maximum absolute atomic E-state index is 13.1. The lowest BCUT2D eigenvalue weighted by molar-refractivity contribution is 0.0970. The quantitative estimate of drug-likeness (QED) is 0.557. The highest BCUT2D eigenvalue weighted by Gasteiger charge is 2.31. The molecule has 2 aromatic heterocycles. The van der Waals surface area contributed by atoms with Gasteiger partial charge in [-0.05, 0) is 60.4 Å². The normalized spacial score (nSPS) is 16.9. The molecule has 1 unspecified atom stereocenters. The first-order chi connectivity index (χ1) is 13.2. The van der Waals surface area contributed by atoms with Crippen LogP contribution in [0.3, 0.4) is 0 Å². The molecule has 0 radical (unpaired) electrons. The minimum atomic E-state index is -0.128. The van der Waals surface area contributed by atoms with Gasteiger partial charge >= 0.3 is 0 Å². The number of rotatable bonds is 3. The summed E-state index contributed by atoms with van der Waals surface area (Å²) in [5.41, 5.74) is 1.83. The fourth-order valence-corrected chi connectivity index (χ4v) is 5.32. The number of ketones is 1. The highest BCUT2D eigenvalue weighted by Crippen LogP contribution is 2.41. The van der Waals surface area contributed by atoms with Crippen LogP contribution in [0.1, 0.15) is 48.0 Å². The fraction of sp³-hybridized carbons (Fsp3) is 0.409. The van der Waals surface area contributed by atoms with Crippen molar-refractivity contribution < 1.29 is 4.79 Å². The Morgan fingerprint density at radius 1 is 1.29 bits per heavy atom. The Kier molecular flexibility index (Phi) is 4.92. The van der Waals surface area contributed by atoms with E-state index in [0.29, 0.717) is 21.9 Å². The summed E-state index contributed by atoms with van der Waals surface area (Å²) in [5, 5.41) is 1.29. The molecule has 1 aromatic carbocycles. The van der Waals surface area contributed by atoms with Gasteiger partial charge in [0.15, 0.2) is 5.78 Å². The third-order valence-corrected chi connectivity index (χ3v) is 7.16. The Balaban J connectivity index is 1.67. The zero-order chi connectivity index (χ0) is 20.1. The van der Waals surface area contributed by atoms with Crippen molar-refractivity contribution in [3.63, 3.8) is 0 Å². The molecule has 0 saturated carbocycles. The molecule has 146 valence electrons. The van der Waals surface area contributed by atoms with Gasteiger partial charge in [-0.3, -0.25) is 14.2 Å². The third-order valence-electron chi connectivity index (χ3n) is 5.74. The predicted octanol–water partition coefficient (Wildman–Crippen LogP) is 5.15. The van der Waals surface area contributed by atoms with E-state index >= 15 is 0 Å². The van der Waals surface area contributed by atoms with E-state index in [1.54, 1.807) is 35.6 Å². The van der Waals surface area contributed by atoms with E-state index < -0.39 is 0 Å². The Morgan fingerprint density at radius 3 is 2.68 bits per heavy atom. The highest BCUT2D eigenvalue weighted by molar-refractivity contribution is 7.18. The molecule has 0 aliphatic heterocycles. The van der Waals surface area contributed by atoms with Crippen LogP contribution >= 0.6 is 22.9 Å². The number of fused-ring (bicyclic) bond motifs is 3. The van der Waals surface area contributed by atoms with E-state index in [-0.39, 0.29) is 23.3 Å². The van der Waals surface area contributed by atoms with E-state index in [1.807, 2.05) is 0 Å². The van der Waals surface area contributed by atoms with Crippen molar-refractivity contribution in [1.82, 2.24) is 9.55 Å². The van der Waals surface area contributed by atoms with Crippen molar-refractivity contribution in [3.05, 3.63) is 62.0 Å². The number of carbonyl (C=O) groups is 1. The van der Waals surface area contributed by atoms with Crippen LogP contribution in [0.15, 0.2) is 35.4 Å². The largest absolute Gasteiger partial charge is 0.292 e. The van der Waals surface area contributed by atoms with Gasteiger partial charge in [-0.2, -0.15) is 0 Å². The number of aryl methyl sites for hydroxylation is 1. The number of halogens is 1. The zero-order valence-corrected chi connectivity index (χ0v) is 17.9. The van der Waals surface area contributed by atoms with Crippen molar-refractivity contribution in [1.29, 1.82) is 0 Å². The second-order valence-corrected chi connectivity index (χ2v) is 10.1. The van der Waals surface area contributed by atoms with E-state index in [4.69, 9.17) is 11.6 Å². The topological polar surface area (TPSA) is 52.0 Å². The Morgan fingerprint density at radius 2 is 2.00 bits per heavy atom. The summed E-state index contributed by atoms with van der Waals surface area (Å²) in [6.07, 6.45) is 4.49. The highest BCUT2D eigenvalue weighted by atomic mass is 35.5. The van der Waals surface area contributed by atoms with Crippen molar-refractivity contribution in [3.8, 4) is 0 Å². The van der Waals surface area contributed by atoms with Gasteiger partial charge in [0.05, 0.1) is 18.3 Å². The van der Waals surface area contributed by atoms with Gasteiger partial charge in [-0.25, -0.2) is 4.98 Å². The lowest BCUT2D eigenvalue weighted by Crippen LogP contribution is -2.27. The molecule has 0 bridgehead atoms. The molecule has 0 fully saturated rings. The first-order valence-electron chi connectivity index (χ1n) is 9.52. The van der Waals surface area contributed by atoms with Crippen LogP contribution in [0, 0.1) is 11.3 Å². The molecular formula is C22H23ClN2O2S. The maximum atomic E-state index is 13.1. The molecular weight excluding hydrogens is 392 g/mol. The van der Waals surface area contributed by atoms with Crippen LogP contribution in [0.4, 0.5) is 0 Å². The average molecular weight is 415 g/mol. The number of thiophene rings is 1. The van der Waals surface area contributed by atoms with Crippen LogP contribution in [0.2, 0.25) is 5.02 Å². The number of aromatic nitrogens is 2. The Labute approximate surface area is 173 Å². The van der Waals surface area contributed by atoms with Gasteiger partial charge in [-0.15, -0.1) is 11.3 Å². The number of hydrogen-bond donors (Lipinski definition) is 0.